The topological polar surface area (TPSA) is 73.9 Å². The van der Waals surface area contributed by atoms with Crippen LogP contribution in [-0.2, 0) is 10.0 Å². The van der Waals surface area contributed by atoms with Crippen molar-refractivity contribution in [1.82, 2.24) is 4.72 Å². The number of benzene rings is 2. The molecule has 0 aromatic heterocycles. The van der Waals surface area contributed by atoms with Crippen molar-refractivity contribution in [1.29, 1.82) is 0 Å². The first kappa shape index (κ1) is 18.1. The Hall–Kier alpha value is -2.25. The first-order valence-corrected chi connectivity index (χ1v) is 8.86. The van der Waals surface area contributed by atoms with Gasteiger partial charge in [0.1, 0.15) is 6.61 Å². The monoisotopic (exact) mass is 351 g/mol. The van der Waals surface area contributed by atoms with Gasteiger partial charge < -0.3 is 14.2 Å². The van der Waals surface area contributed by atoms with Gasteiger partial charge in [-0.2, -0.15) is 0 Å². The molecule has 130 valence electrons. The van der Waals surface area contributed by atoms with E-state index in [1.54, 1.807) is 42.5 Å². The minimum atomic E-state index is -3.55. The Morgan fingerprint density at radius 1 is 0.958 bits per heavy atom. The maximum absolute atomic E-state index is 12.2. The van der Waals surface area contributed by atoms with Crippen LogP contribution in [0.15, 0.2) is 47.4 Å². The maximum Gasteiger partial charge on any atom is 0.240 e. The van der Waals surface area contributed by atoms with Gasteiger partial charge in [0.15, 0.2) is 11.5 Å². The molecule has 1 N–H and O–H groups in total. The van der Waals surface area contributed by atoms with E-state index in [1.807, 2.05) is 6.92 Å². The van der Waals surface area contributed by atoms with Crippen LogP contribution >= 0.6 is 0 Å². The molecule has 24 heavy (non-hydrogen) atoms. The number of para-hydroxylation sites is 1. The van der Waals surface area contributed by atoms with E-state index < -0.39 is 10.0 Å². The van der Waals surface area contributed by atoms with E-state index in [1.165, 1.54) is 14.2 Å². The second kappa shape index (κ2) is 8.03. The molecule has 2 rings (SSSR count). The van der Waals surface area contributed by atoms with Gasteiger partial charge in [0.25, 0.3) is 0 Å². The molecular weight excluding hydrogens is 330 g/mol. The lowest BCUT2D eigenvalue weighted by Crippen LogP contribution is -2.28. The van der Waals surface area contributed by atoms with Crippen molar-refractivity contribution in [3.63, 3.8) is 0 Å². The van der Waals surface area contributed by atoms with E-state index in [-0.39, 0.29) is 18.0 Å². The molecule has 0 spiro atoms. The molecule has 0 saturated carbocycles. The Morgan fingerprint density at radius 2 is 1.62 bits per heavy atom. The second-order valence-electron chi connectivity index (χ2n) is 5.05. The van der Waals surface area contributed by atoms with Crippen molar-refractivity contribution in [2.45, 2.75) is 11.8 Å². The summed E-state index contributed by atoms with van der Waals surface area (Å²) in [6.45, 7) is 2.20. The molecule has 0 bridgehead atoms. The Morgan fingerprint density at radius 3 is 2.25 bits per heavy atom. The van der Waals surface area contributed by atoms with Crippen LogP contribution in [0.5, 0.6) is 17.2 Å². The highest BCUT2D eigenvalue weighted by atomic mass is 32.2. The third kappa shape index (κ3) is 4.39. The van der Waals surface area contributed by atoms with Gasteiger partial charge in [-0.1, -0.05) is 23.8 Å². The van der Waals surface area contributed by atoms with Gasteiger partial charge in [0.2, 0.25) is 15.8 Å². The van der Waals surface area contributed by atoms with E-state index in [9.17, 15) is 8.42 Å². The van der Waals surface area contributed by atoms with Crippen LogP contribution in [-0.4, -0.2) is 35.8 Å². The Labute approximate surface area is 142 Å². The van der Waals surface area contributed by atoms with Gasteiger partial charge in [-0.05, 0) is 31.2 Å². The van der Waals surface area contributed by atoms with E-state index in [2.05, 4.69) is 4.72 Å². The number of ether oxygens (including phenoxy) is 3. The van der Waals surface area contributed by atoms with Crippen molar-refractivity contribution in [2.75, 3.05) is 27.4 Å². The fraction of sp³-hybridized carbons (Fsp3) is 0.294. The molecule has 0 saturated heterocycles. The quantitative estimate of drug-likeness (QED) is 0.739. The molecule has 0 aliphatic carbocycles. The summed E-state index contributed by atoms with van der Waals surface area (Å²) in [7, 11) is -0.488. The zero-order valence-corrected chi connectivity index (χ0v) is 14.7. The van der Waals surface area contributed by atoms with E-state index in [0.29, 0.717) is 17.2 Å². The molecule has 2 aromatic carbocycles. The Balaban J connectivity index is 1.94. The molecule has 0 atom stereocenters. The Kier molecular flexibility index (Phi) is 6.05. The highest BCUT2D eigenvalue weighted by Gasteiger charge is 2.14. The summed E-state index contributed by atoms with van der Waals surface area (Å²) in [6, 6.07) is 11.9. The van der Waals surface area contributed by atoms with Gasteiger partial charge >= 0.3 is 0 Å². The van der Waals surface area contributed by atoms with Crippen LogP contribution in [0.4, 0.5) is 0 Å². The lowest BCUT2D eigenvalue weighted by Gasteiger charge is -2.13. The molecule has 7 heteroatoms. The van der Waals surface area contributed by atoms with Crippen molar-refractivity contribution < 1.29 is 22.6 Å². The standard InChI is InChI=1S/C17H21NO5S/c1-13-7-9-14(10-8-13)24(19,20)18-11-12-23-16-6-4-5-15(21-2)17(16)22-3/h4-10,18H,11-12H2,1-3H3. The SMILES string of the molecule is COc1cccc(OCCNS(=O)(=O)c2ccc(C)cc2)c1OC. The summed E-state index contributed by atoms with van der Waals surface area (Å²) in [5.74, 6) is 1.52. The third-order valence-electron chi connectivity index (χ3n) is 3.35. The highest BCUT2D eigenvalue weighted by Crippen LogP contribution is 2.36. The molecule has 0 aliphatic heterocycles. The number of rotatable bonds is 8. The minimum absolute atomic E-state index is 0.135. The zero-order chi connectivity index (χ0) is 17.6. The largest absolute Gasteiger partial charge is 0.493 e. The lowest BCUT2D eigenvalue weighted by molar-refractivity contribution is 0.287. The van der Waals surface area contributed by atoms with Crippen molar-refractivity contribution in [3.05, 3.63) is 48.0 Å². The van der Waals surface area contributed by atoms with Gasteiger partial charge in [0.05, 0.1) is 19.1 Å². The van der Waals surface area contributed by atoms with Crippen LogP contribution in [0, 0.1) is 6.92 Å². The number of hydrogen-bond donors (Lipinski definition) is 1. The number of hydrogen-bond acceptors (Lipinski definition) is 5. The molecule has 0 fully saturated rings. The molecule has 2 aromatic rings. The first-order valence-electron chi connectivity index (χ1n) is 7.38. The van der Waals surface area contributed by atoms with Crippen molar-refractivity contribution >= 4 is 10.0 Å². The smallest absolute Gasteiger partial charge is 0.240 e. The minimum Gasteiger partial charge on any atom is -0.493 e. The third-order valence-corrected chi connectivity index (χ3v) is 4.83. The molecule has 0 unspecified atom stereocenters. The first-order chi connectivity index (χ1) is 11.5. The summed E-state index contributed by atoms with van der Waals surface area (Å²) in [5, 5.41) is 0. The fourth-order valence-electron chi connectivity index (χ4n) is 2.11. The number of methoxy groups -OCH3 is 2. The Bertz CT molecular complexity index is 772. The second-order valence-corrected chi connectivity index (χ2v) is 6.82. The van der Waals surface area contributed by atoms with Gasteiger partial charge in [-0.15, -0.1) is 0 Å². The summed E-state index contributed by atoms with van der Waals surface area (Å²) in [4.78, 5) is 0.229. The van der Waals surface area contributed by atoms with Gasteiger partial charge in [-0.3, -0.25) is 0 Å². The zero-order valence-electron chi connectivity index (χ0n) is 13.9. The van der Waals surface area contributed by atoms with E-state index >= 15 is 0 Å². The van der Waals surface area contributed by atoms with E-state index in [4.69, 9.17) is 14.2 Å². The highest BCUT2D eigenvalue weighted by molar-refractivity contribution is 7.89. The number of sulfonamides is 1. The number of nitrogens with one attached hydrogen (secondary N) is 1. The molecule has 0 heterocycles. The molecule has 0 radical (unpaired) electrons. The van der Waals surface area contributed by atoms with E-state index in [0.717, 1.165) is 5.56 Å². The van der Waals surface area contributed by atoms with Crippen LogP contribution in [0.25, 0.3) is 0 Å². The van der Waals surface area contributed by atoms with Gasteiger partial charge in [0, 0.05) is 6.54 Å². The molecule has 0 amide bonds. The normalized spacial score (nSPS) is 11.1. The average Bonchev–Trinajstić information content (AvgIpc) is 2.58. The summed E-state index contributed by atoms with van der Waals surface area (Å²) in [6.07, 6.45) is 0. The summed E-state index contributed by atoms with van der Waals surface area (Å²) >= 11 is 0. The predicted molar refractivity (Wildman–Crippen MR) is 91.4 cm³/mol. The average molecular weight is 351 g/mol. The summed E-state index contributed by atoms with van der Waals surface area (Å²) < 4.78 is 42.9. The lowest BCUT2D eigenvalue weighted by atomic mass is 10.2. The molecule has 0 aliphatic rings. The van der Waals surface area contributed by atoms with Crippen LogP contribution < -0.4 is 18.9 Å². The molecular formula is C17H21NO5S. The maximum atomic E-state index is 12.2. The number of aryl methyl sites for hydroxylation is 1. The van der Waals surface area contributed by atoms with Crippen molar-refractivity contribution in [3.8, 4) is 17.2 Å². The summed E-state index contributed by atoms with van der Waals surface area (Å²) in [5.41, 5.74) is 1.00. The fourth-order valence-corrected chi connectivity index (χ4v) is 3.12. The van der Waals surface area contributed by atoms with Crippen molar-refractivity contribution in [2.24, 2.45) is 0 Å². The van der Waals surface area contributed by atoms with Crippen LogP contribution in [0.2, 0.25) is 0 Å². The van der Waals surface area contributed by atoms with Gasteiger partial charge in [-0.25, -0.2) is 13.1 Å². The molecule has 6 nitrogen and oxygen atoms in total. The van der Waals surface area contributed by atoms with Crippen LogP contribution in [0.3, 0.4) is 0 Å². The predicted octanol–water partition coefficient (Wildman–Crippen LogP) is 2.37. The van der Waals surface area contributed by atoms with Crippen LogP contribution in [0.1, 0.15) is 5.56 Å².